The highest BCUT2D eigenvalue weighted by atomic mass is 32.2. The summed E-state index contributed by atoms with van der Waals surface area (Å²) in [5.74, 6) is 1.22. The van der Waals surface area contributed by atoms with E-state index in [1.165, 1.54) is 5.41 Å². The van der Waals surface area contributed by atoms with Gasteiger partial charge in [0.15, 0.2) is 11.5 Å². The SMILES string of the molecule is COc1cc2c(cc1OC)/C(=C/S(=O)(=O)c1cccc(C)c1)NCC2. The third-order valence-electron chi connectivity index (χ3n) is 4.20. The minimum Gasteiger partial charge on any atom is -0.493 e. The van der Waals surface area contributed by atoms with E-state index in [-0.39, 0.29) is 4.90 Å². The van der Waals surface area contributed by atoms with Crippen molar-refractivity contribution in [3.05, 3.63) is 58.5 Å². The fourth-order valence-corrected chi connectivity index (χ4v) is 4.20. The number of aryl methyl sites for hydroxylation is 1. The normalized spacial score (nSPS) is 15.4. The van der Waals surface area contributed by atoms with Crippen molar-refractivity contribution < 1.29 is 17.9 Å². The van der Waals surface area contributed by atoms with Gasteiger partial charge in [0.05, 0.1) is 30.2 Å². The summed E-state index contributed by atoms with van der Waals surface area (Å²) in [5, 5.41) is 4.49. The topological polar surface area (TPSA) is 64.6 Å². The smallest absolute Gasteiger partial charge is 0.201 e. The van der Waals surface area contributed by atoms with Crippen LogP contribution < -0.4 is 14.8 Å². The fraction of sp³-hybridized carbons (Fsp3) is 0.263. The number of sulfone groups is 1. The second kappa shape index (κ2) is 6.80. The number of benzene rings is 2. The molecule has 0 atom stereocenters. The summed E-state index contributed by atoms with van der Waals surface area (Å²) in [6.45, 7) is 2.54. The number of hydrogen-bond donors (Lipinski definition) is 1. The maximum Gasteiger partial charge on any atom is 0.201 e. The standard InChI is InChI=1S/C19H21NO4S/c1-13-5-4-6-15(9-13)25(21,22)12-17-16-11-19(24-3)18(23-2)10-14(16)7-8-20-17/h4-6,9-12,20H,7-8H2,1-3H3/b17-12-. The Morgan fingerprint density at radius 3 is 2.48 bits per heavy atom. The predicted octanol–water partition coefficient (Wildman–Crippen LogP) is 2.93. The molecule has 0 bridgehead atoms. The van der Waals surface area contributed by atoms with Gasteiger partial charge in [0.25, 0.3) is 0 Å². The number of nitrogens with one attached hydrogen (secondary N) is 1. The minimum absolute atomic E-state index is 0.286. The summed E-state index contributed by atoms with van der Waals surface area (Å²) in [6.07, 6.45) is 0.789. The number of hydrogen-bond acceptors (Lipinski definition) is 5. The highest BCUT2D eigenvalue weighted by molar-refractivity contribution is 7.94. The van der Waals surface area contributed by atoms with Crippen LogP contribution in [0.25, 0.3) is 5.70 Å². The van der Waals surface area contributed by atoms with Gasteiger partial charge in [0, 0.05) is 12.1 Å². The molecule has 1 aliphatic heterocycles. The average Bonchev–Trinajstić information content (AvgIpc) is 2.60. The lowest BCUT2D eigenvalue weighted by Gasteiger charge is -2.23. The largest absolute Gasteiger partial charge is 0.493 e. The van der Waals surface area contributed by atoms with Crippen molar-refractivity contribution >= 4 is 15.5 Å². The molecule has 1 N–H and O–H groups in total. The molecule has 2 aromatic carbocycles. The van der Waals surface area contributed by atoms with E-state index in [1.807, 2.05) is 25.1 Å². The summed E-state index contributed by atoms with van der Waals surface area (Å²) in [4.78, 5) is 0.286. The lowest BCUT2D eigenvalue weighted by Crippen LogP contribution is -2.23. The van der Waals surface area contributed by atoms with Gasteiger partial charge in [-0.25, -0.2) is 8.42 Å². The molecule has 1 heterocycles. The van der Waals surface area contributed by atoms with Gasteiger partial charge in [-0.2, -0.15) is 0 Å². The Balaban J connectivity index is 2.09. The molecule has 0 aliphatic carbocycles. The molecule has 25 heavy (non-hydrogen) atoms. The molecule has 5 nitrogen and oxygen atoms in total. The maximum absolute atomic E-state index is 12.8. The van der Waals surface area contributed by atoms with E-state index in [1.54, 1.807) is 32.4 Å². The summed E-state index contributed by atoms with van der Waals surface area (Å²) in [5.41, 5.74) is 3.33. The van der Waals surface area contributed by atoms with Gasteiger partial charge in [-0.15, -0.1) is 0 Å². The zero-order chi connectivity index (χ0) is 18.0. The molecule has 0 fully saturated rings. The van der Waals surface area contributed by atoms with E-state index in [2.05, 4.69) is 5.32 Å². The molecule has 132 valence electrons. The second-order valence-electron chi connectivity index (χ2n) is 5.93. The number of fused-ring (bicyclic) bond motifs is 1. The van der Waals surface area contributed by atoms with Crippen LogP contribution in [0, 0.1) is 6.92 Å². The molecule has 2 aromatic rings. The summed E-state index contributed by atoms with van der Waals surface area (Å²) in [7, 11) is -0.407. The van der Waals surface area contributed by atoms with Crippen LogP contribution in [0.15, 0.2) is 46.7 Å². The van der Waals surface area contributed by atoms with E-state index in [9.17, 15) is 8.42 Å². The fourth-order valence-electron chi connectivity index (χ4n) is 2.93. The quantitative estimate of drug-likeness (QED) is 0.909. The summed E-state index contributed by atoms with van der Waals surface area (Å²) < 4.78 is 36.2. The Morgan fingerprint density at radius 2 is 1.80 bits per heavy atom. The van der Waals surface area contributed by atoms with E-state index in [0.717, 1.165) is 23.1 Å². The molecule has 0 aromatic heterocycles. The Morgan fingerprint density at radius 1 is 1.08 bits per heavy atom. The predicted molar refractivity (Wildman–Crippen MR) is 97.6 cm³/mol. The van der Waals surface area contributed by atoms with Crippen molar-refractivity contribution in [1.29, 1.82) is 0 Å². The van der Waals surface area contributed by atoms with E-state index in [0.29, 0.717) is 23.7 Å². The van der Waals surface area contributed by atoms with Crippen LogP contribution >= 0.6 is 0 Å². The lowest BCUT2D eigenvalue weighted by atomic mass is 9.98. The van der Waals surface area contributed by atoms with Crippen molar-refractivity contribution in [1.82, 2.24) is 5.32 Å². The molecule has 0 amide bonds. The molecule has 0 saturated heterocycles. The Hall–Kier alpha value is -2.47. The number of ether oxygens (including phenoxy) is 2. The third kappa shape index (κ3) is 3.49. The molecule has 3 rings (SSSR count). The molecule has 0 unspecified atom stereocenters. The van der Waals surface area contributed by atoms with Gasteiger partial charge in [-0.1, -0.05) is 12.1 Å². The number of methoxy groups -OCH3 is 2. The second-order valence-corrected chi connectivity index (χ2v) is 7.73. The molecule has 0 radical (unpaired) electrons. The molecular formula is C19H21NO4S. The van der Waals surface area contributed by atoms with Crippen LogP contribution in [0.3, 0.4) is 0 Å². The molecular weight excluding hydrogens is 338 g/mol. The zero-order valence-electron chi connectivity index (χ0n) is 14.5. The Bertz CT molecular complexity index is 932. The molecule has 0 saturated carbocycles. The van der Waals surface area contributed by atoms with Crippen LogP contribution in [-0.4, -0.2) is 29.2 Å². The lowest BCUT2D eigenvalue weighted by molar-refractivity contribution is 0.354. The summed E-state index contributed by atoms with van der Waals surface area (Å²) in [6, 6.07) is 10.6. The van der Waals surface area contributed by atoms with Crippen molar-refractivity contribution in [3.63, 3.8) is 0 Å². The Kier molecular flexibility index (Phi) is 4.72. The van der Waals surface area contributed by atoms with Gasteiger partial charge >= 0.3 is 0 Å². The molecule has 6 heteroatoms. The number of rotatable bonds is 4. The van der Waals surface area contributed by atoms with Crippen LogP contribution in [-0.2, 0) is 16.3 Å². The van der Waals surface area contributed by atoms with Gasteiger partial charge < -0.3 is 14.8 Å². The van der Waals surface area contributed by atoms with Crippen molar-refractivity contribution in [2.24, 2.45) is 0 Å². The van der Waals surface area contributed by atoms with E-state index >= 15 is 0 Å². The van der Waals surface area contributed by atoms with Gasteiger partial charge in [0.1, 0.15) is 0 Å². The highest BCUT2D eigenvalue weighted by Crippen LogP contribution is 2.35. The Labute approximate surface area is 148 Å². The molecule has 0 spiro atoms. The van der Waals surface area contributed by atoms with Gasteiger partial charge in [-0.05, 0) is 48.7 Å². The van der Waals surface area contributed by atoms with E-state index < -0.39 is 9.84 Å². The minimum atomic E-state index is -3.56. The van der Waals surface area contributed by atoms with Gasteiger partial charge in [0.2, 0.25) is 9.84 Å². The first kappa shape index (κ1) is 17.4. The first-order valence-corrected chi connectivity index (χ1v) is 9.52. The van der Waals surface area contributed by atoms with E-state index in [4.69, 9.17) is 9.47 Å². The van der Waals surface area contributed by atoms with Crippen LogP contribution in [0.4, 0.5) is 0 Å². The zero-order valence-corrected chi connectivity index (χ0v) is 15.3. The van der Waals surface area contributed by atoms with Crippen molar-refractivity contribution in [3.8, 4) is 11.5 Å². The third-order valence-corrected chi connectivity index (χ3v) is 5.66. The highest BCUT2D eigenvalue weighted by Gasteiger charge is 2.21. The maximum atomic E-state index is 12.8. The summed E-state index contributed by atoms with van der Waals surface area (Å²) >= 11 is 0. The van der Waals surface area contributed by atoms with Crippen LogP contribution in [0.2, 0.25) is 0 Å². The molecule has 1 aliphatic rings. The average molecular weight is 359 g/mol. The van der Waals surface area contributed by atoms with Crippen LogP contribution in [0.5, 0.6) is 11.5 Å². The van der Waals surface area contributed by atoms with Crippen LogP contribution in [0.1, 0.15) is 16.7 Å². The van der Waals surface area contributed by atoms with Gasteiger partial charge in [-0.3, -0.25) is 0 Å². The first-order valence-electron chi connectivity index (χ1n) is 7.97. The van der Waals surface area contributed by atoms with Crippen molar-refractivity contribution in [2.45, 2.75) is 18.2 Å². The van der Waals surface area contributed by atoms with Crippen molar-refractivity contribution in [2.75, 3.05) is 20.8 Å². The monoisotopic (exact) mass is 359 g/mol. The first-order chi connectivity index (χ1) is 11.9.